The van der Waals surface area contributed by atoms with Crippen molar-refractivity contribution in [1.29, 1.82) is 0 Å². The van der Waals surface area contributed by atoms with Crippen molar-refractivity contribution in [3.63, 3.8) is 0 Å². The summed E-state index contributed by atoms with van der Waals surface area (Å²) in [7, 11) is 2.69. The Morgan fingerprint density at radius 1 is 1.43 bits per heavy atom. The fourth-order valence-electron chi connectivity index (χ4n) is 1.55. The second kappa shape index (κ2) is 7.02. The molecular formula is C12H13FN4O3S. The standard InChI is InChI=1S/C12H13FN4O3S/c1-19-9-5-3-4-8(11(9)13)7-21-12-14-15-16-17(12)6-10(18)20-2/h3-5H,6-7H2,1-2H3. The van der Waals surface area contributed by atoms with Gasteiger partial charge in [-0.2, -0.15) is 0 Å². The summed E-state index contributed by atoms with van der Waals surface area (Å²) in [4.78, 5) is 11.2. The molecule has 0 unspecified atom stereocenters. The lowest BCUT2D eigenvalue weighted by molar-refractivity contribution is -0.141. The first kappa shape index (κ1) is 15.2. The minimum atomic E-state index is -0.461. The number of methoxy groups -OCH3 is 2. The van der Waals surface area contributed by atoms with Gasteiger partial charge in [0.15, 0.2) is 11.6 Å². The molecule has 0 amide bonds. The van der Waals surface area contributed by atoms with E-state index < -0.39 is 11.8 Å². The zero-order valence-corrected chi connectivity index (χ0v) is 12.3. The molecule has 0 radical (unpaired) electrons. The van der Waals surface area contributed by atoms with E-state index in [0.29, 0.717) is 16.5 Å². The monoisotopic (exact) mass is 312 g/mol. The van der Waals surface area contributed by atoms with Crippen molar-refractivity contribution < 1.29 is 18.7 Å². The number of hydrogen-bond donors (Lipinski definition) is 0. The van der Waals surface area contributed by atoms with Crippen LogP contribution >= 0.6 is 11.8 Å². The number of benzene rings is 1. The van der Waals surface area contributed by atoms with Gasteiger partial charge < -0.3 is 9.47 Å². The van der Waals surface area contributed by atoms with Crippen molar-refractivity contribution in [2.45, 2.75) is 17.5 Å². The van der Waals surface area contributed by atoms with Crippen LogP contribution in [0.2, 0.25) is 0 Å². The van der Waals surface area contributed by atoms with Crippen LogP contribution in [0.4, 0.5) is 4.39 Å². The van der Waals surface area contributed by atoms with Crippen LogP contribution < -0.4 is 4.74 Å². The molecule has 0 spiro atoms. The van der Waals surface area contributed by atoms with Gasteiger partial charge in [-0.3, -0.25) is 4.79 Å². The zero-order chi connectivity index (χ0) is 15.2. The lowest BCUT2D eigenvalue weighted by atomic mass is 10.2. The maximum Gasteiger partial charge on any atom is 0.327 e. The summed E-state index contributed by atoms with van der Waals surface area (Å²) in [6, 6.07) is 4.90. The molecule has 1 aromatic heterocycles. The number of ether oxygens (including phenoxy) is 2. The molecule has 0 saturated heterocycles. The van der Waals surface area contributed by atoms with E-state index in [4.69, 9.17) is 4.74 Å². The molecule has 1 aromatic carbocycles. The van der Waals surface area contributed by atoms with Crippen LogP contribution in [-0.4, -0.2) is 40.4 Å². The van der Waals surface area contributed by atoms with Crippen LogP contribution in [0.1, 0.15) is 5.56 Å². The summed E-state index contributed by atoms with van der Waals surface area (Å²) < 4.78 is 24.8. The Morgan fingerprint density at radius 2 is 2.24 bits per heavy atom. The lowest BCUT2D eigenvalue weighted by Crippen LogP contribution is -2.13. The number of aromatic nitrogens is 4. The number of carbonyl (C=O) groups excluding carboxylic acids is 1. The second-order valence-electron chi connectivity index (χ2n) is 3.92. The third-order valence-electron chi connectivity index (χ3n) is 2.63. The van der Waals surface area contributed by atoms with E-state index >= 15 is 0 Å². The largest absolute Gasteiger partial charge is 0.494 e. The first-order valence-electron chi connectivity index (χ1n) is 5.93. The molecule has 7 nitrogen and oxygen atoms in total. The van der Waals surface area contributed by atoms with Crippen molar-refractivity contribution in [1.82, 2.24) is 20.2 Å². The van der Waals surface area contributed by atoms with Gasteiger partial charge in [0, 0.05) is 11.3 Å². The summed E-state index contributed by atoms with van der Waals surface area (Å²) in [6.07, 6.45) is 0. The van der Waals surface area contributed by atoms with Gasteiger partial charge in [-0.25, -0.2) is 9.07 Å². The van der Waals surface area contributed by atoms with E-state index in [1.807, 2.05) is 0 Å². The number of hydrogen-bond acceptors (Lipinski definition) is 7. The van der Waals surface area contributed by atoms with Crippen LogP contribution in [0.3, 0.4) is 0 Å². The summed E-state index contributed by atoms with van der Waals surface area (Å²) in [6.45, 7) is -0.0908. The van der Waals surface area contributed by atoms with E-state index in [0.717, 1.165) is 0 Å². The number of nitrogens with zero attached hydrogens (tertiary/aromatic N) is 4. The number of thioether (sulfide) groups is 1. The molecule has 2 rings (SSSR count). The molecule has 0 N–H and O–H groups in total. The summed E-state index contributed by atoms with van der Waals surface area (Å²) in [5.41, 5.74) is 0.465. The number of halogens is 1. The van der Waals surface area contributed by atoms with E-state index in [9.17, 15) is 9.18 Å². The van der Waals surface area contributed by atoms with Crippen LogP contribution in [0.15, 0.2) is 23.4 Å². The maximum absolute atomic E-state index is 14.0. The Hall–Kier alpha value is -2.16. The highest BCUT2D eigenvalue weighted by atomic mass is 32.2. The molecule has 9 heteroatoms. The Kier molecular flexibility index (Phi) is 5.09. The number of esters is 1. The molecule has 0 aliphatic rings. The zero-order valence-electron chi connectivity index (χ0n) is 11.4. The molecule has 0 aliphatic heterocycles. The van der Waals surface area contributed by atoms with Gasteiger partial charge in [-0.05, 0) is 16.5 Å². The van der Waals surface area contributed by atoms with Gasteiger partial charge >= 0.3 is 5.97 Å². The summed E-state index contributed by atoms with van der Waals surface area (Å²) in [5.74, 6) is -0.386. The third kappa shape index (κ3) is 3.69. The third-order valence-corrected chi connectivity index (χ3v) is 3.63. The average molecular weight is 312 g/mol. The fourth-order valence-corrected chi connectivity index (χ4v) is 2.41. The van der Waals surface area contributed by atoms with E-state index in [1.54, 1.807) is 18.2 Å². The van der Waals surface area contributed by atoms with Crippen LogP contribution in [0.25, 0.3) is 0 Å². The first-order chi connectivity index (χ1) is 10.2. The van der Waals surface area contributed by atoms with E-state index in [2.05, 4.69) is 20.3 Å². The first-order valence-corrected chi connectivity index (χ1v) is 6.91. The van der Waals surface area contributed by atoms with Crippen molar-refractivity contribution in [2.75, 3.05) is 14.2 Å². The summed E-state index contributed by atoms with van der Waals surface area (Å²) in [5, 5.41) is 11.4. The van der Waals surface area contributed by atoms with Gasteiger partial charge in [0.25, 0.3) is 0 Å². The topological polar surface area (TPSA) is 79.1 Å². The highest BCUT2D eigenvalue weighted by Gasteiger charge is 2.13. The SMILES string of the molecule is COC(=O)Cn1nnnc1SCc1cccc(OC)c1F. The Balaban J connectivity index is 2.07. The predicted molar refractivity (Wildman–Crippen MR) is 72.3 cm³/mol. The molecule has 0 atom stereocenters. The van der Waals surface area contributed by atoms with Crippen molar-refractivity contribution in [3.05, 3.63) is 29.6 Å². The van der Waals surface area contributed by atoms with Crippen molar-refractivity contribution in [2.24, 2.45) is 0 Å². The van der Waals surface area contributed by atoms with E-state index in [-0.39, 0.29) is 12.3 Å². The van der Waals surface area contributed by atoms with Gasteiger partial charge in [-0.1, -0.05) is 23.9 Å². The molecule has 21 heavy (non-hydrogen) atoms. The van der Waals surface area contributed by atoms with E-state index in [1.165, 1.54) is 30.7 Å². The quantitative estimate of drug-likeness (QED) is 0.587. The summed E-state index contributed by atoms with van der Waals surface area (Å²) >= 11 is 1.22. The molecule has 0 saturated carbocycles. The average Bonchev–Trinajstić information content (AvgIpc) is 2.93. The van der Waals surface area contributed by atoms with Crippen molar-refractivity contribution >= 4 is 17.7 Å². The van der Waals surface area contributed by atoms with Crippen LogP contribution in [0, 0.1) is 5.82 Å². The minimum Gasteiger partial charge on any atom is -0.494 e. The van der Waals surface area contributed by atoms with Gasteiger partial charge in [0.1, 0.15) is 6.54 Å². The Labute approximate surface area is 124 Å². The predicted octanol–water partition coefficient (Wildman–Crippen LogP) is 1.29. The molecule has 0 aliphatic carbocycles. The minimum absolute atomic E-state index is 0.0908. The second-order valence-corrected chi connectivity index (χ2v) is 4.86. The van der Waals surface area contributed by atoms with Gasteiger partial charge in [0.05, 0.1) is 14.2 Å². The number of rotatable bonds is 6. The van der Waals surface area contributed by atoms with Crippen LogP contribution in [0.5, 0.6) is 5.75 Å². The van der Waals surface area contributed by atoms with Gasteiger partial charge in [0.2, 0.25) is 5.16 Å². The Morgan fingerprint density at radius 3 is 2.95 bits per heavy atom. The molecule has 0 bridgehead atoms. The normalized spacial score (nSPS) is 10.4. The molecular weight excluding hydrogens is 299 g/mol. The molecule has 0 fully saturated rings. The van der Waals surface area contributed by atoms with Crippen molar-refractivity contribution in [3.8, 4) is 5.75 Å². The molecule has 2 aromatic rings. The highest BCUT2D eigenvalue weighted by molar-refractivity contribution is 7.98. The van der Waals surface area contributed by atoms with Crippen LogP contribution in [-0.2, 0) is 21.8 Å². The highest BCUT2D eigenvalue weighted by Crippen LogP contribution is 2.26. The Bertz CT molecular complexity index is 635. The number of carbonyl (C=O) groups is 1. The fraction of sp³-hybridized carbons (Fsp3) is 0.333. The molecule has 112 valence electrons. The lowest BCUT2D eigenvalue weighted by Gasteiger charge is -2.07. The van der Waals surface area contributed by atoms with Gasteiger partial charge in [-0.15, -0.1) is 5.10 Å². The molecule has 1 heterocycles. The number of tetrazole rings is 1. The maximum atomic E-state index is 14.0. The smallest absolute Gasteiger partial charge is 0.327 e.